The van der Waals surface area contributed by atoms with Gasteiger partial charge in [0.2, 0.25) is 5.91 Å². The number of amides is 3. The molecule has 0 aromatic heterocycles. The van der Waals surface area contributed by atoms with Crippen molar-refractivity contribution in [2.75, 3.05) is 23.3 Å². The Morgan fingerprint density at radius 3 is 2.28 bits per heavy atom. The van der Waals surface area contributed by atoms with Crippen LogP contribution in [-0.4, -0.2) is 35.7 Å². The Kier molecular flexibility index (Phi) is 6.07. The molecular formula is C25H26ClN3O3. The van der Waals surface area contributed by atoms with Crippen LogP contribution >= 0.6 is 11.6 Å². The summed E-state index contributed by atoms with van der Waals surface area (Å²) >= 11 is 6.29. The van der Waals surface area contributed by atoms with Crippen molar-refractivity contribution >= 4 is 46.3 Å². The summed E-state index contributed by atoms with van der Waals surface area (Å²) in [6.07, 6.45) is 1.94. The number of carbonyl (C=O) groups excluding carboxylic acids is 3. The summed E-state index contributed by atoms with van der Waals surface area (Å²) in [5.74, 6) is -0.276. The molecule has 0 aliphatic carbocycles. The van der Waals surface area contributed by atoms with Crippen LogP contribution in [0.25, 0.3) is 5.57 Å². The Balaban J connectivity index is 1.77. The molecule has 7 heteroatoms. The van der Waals surface area contributed by atoms with Crippen LogP contribution in [0.1, 0.15) is 37.8 Å². The molecule has 0 spiro atoms. The maximum Gasteiger partial charge on any atom is 0.282 e. The fourth-order valence-corrected chi connectivity index (χ4v) is 4.36. The van der Waals surface area contributed by atoms with Crippen molar-refractivity contribution in [3.63, 3.8) is 0 Å². The maximum absolute atomic E-state index is 13.6. The van der Waals surface area contributed by atoms with Crippen molar-refractivity contribution in [3.05, 3.63) is 64.3 Å². The third-order valence-electron chi connectivity index (χ3n) is 6.07. The van der Waals surface area contributed by atoms with E-state index >= 15 is 0 Å². The van der Waals surface area contributed by atoms with Gasteiger partial charge in [-0.05, 0) is 61.1 Å². The first kappa shape index (κ1) is 22.1. The number of benzene rings is 2. The van der Waals surface area contributed by atoms with E-state index in [1.807, 2.05) is 11.8 Å². The Morgan fingerprint density at radius 2 is 1.69 bits per heavy atom. The number of anilines is 2. The van der Waals surface area contributed by atoms with Gasteiger partial charge in [-0.3, -0.25) is 14.4 Å². The number of hydrogen-bond acceptors (Lipinski definition) is 4. The number of imide groups is 1. The third kappa shape index (κ3) is 4.15. The van der Waals surface area contributed by atoms with Gasteiger partial charge in [0.05, 0.1) is 11.3 Å². The number of aryl methyl sites for hydroxylation is 1. The Bertz CT molecular complexity index is 1120. The predicted octanol–water partition coefficient (Wildman–Crippen LogP) is 4.62. The highest BCUT2D eigenvalue weighted by Gasteiger charge is 2.43. The standard InChI is InChI=1S/C25H26ClN3O3/c1-15-10-12-28(13-11-15)23-22(18-5-7-19(8-6-18)27-17(3)30)24(31)29(25(23)32)20-9-4-16(2)21(26)14-20/h4-9,14-15H,10-13H2,1-3H3,(H,27,30). The zero-order chi connectivity index (χ0) is 23.0. The molecule has 1 fully saturated rings. The van der Waals surface area contributed by atoms with Gasteiger partial charge in [-0.1, -0.05) is 36.7 Å². The molecule has 166 valence electrons. The van der Waals surface area contributed by atoms with Gasteiger partial charge in [0, 0.05) is 30.7 Å². The van der Waals surface area contributed by atoms with E-state index in [1.54, 1.807) is 42.5 Å². The van der Waals surface area contributed by atoms with E-state index in [-0.39, 0.29) is 17.7 Å². The fraction of sp³-hybridized carbons (Fsp3) is 0.320. The quantitative estimate of drug-likeness (QED) is 0.688. The van der Waals surface area contributed by atoms with Crippen LogP contribution in [0.4, 0.5) is 11.4 Å². The third-order valence-corrected chi connectivity index (χ3v) is 6.47. The highest BCUT2D eigenvalue weighted by atomic mass is 35.5. The Labute approximate surface area is 192 Å². The van der Waals surface area contributed by atoms with Crippen molar-refractivity contribution in [2.45, 2.75) is 33.6 Å². The minimum absolute atomic E-state index is 0.172. The van der Waals surface area contributed by atoms with Crippen LogP contribution in [-0.2, 0) is 14.4 Å². The lowest BCUT2D eigenvalue weighted by molar-refractivity contribution is -0.121. The Hall–Kier alpha value is -3.12. The largest absolute Gasteiger partial charge is 0.366 e. The predicted molar refractivity (Wildman–Crippen MR) is 126 cm³/mol. The summed E-state index contributed by atoms with van der Waals surface area (Å²) in [4.78, 5) is 41.8. The molecular weight excluding hydrogens is 426 g/mol. The number of likely N-dealkylation sites (tertiary alicyclic amines) is 1. The van der Waals surface area contributed by atoms with Crippen LogP contribution in [0, 0.1) is 12.8 Å². The summed E-state index contributed by atoms with van der Waals surface area (Å²) in [6.45, 7) is 6.97. The van der Waals surface area contributed by atoms with Crippen LogP contribution in [0.2, 0.25) is 5.02 Å². The topological polar surface area (TPSA) is 69.7 Å². The van der Waals surface area contributed by atoms with E-state index in [0.717, 1.165) is 31.5 Å². The number of halogens is 1. The smallest absolute Gasteiger partial charge is 0.282 e. The van der Waals surface area contributed by atoms with E-state index in [1.165, 1.54) is 11.8 Å². The number of nitrogens with zero attached hydrogens (tertiary/aromatic N) is 2. The van der Waals surface area contributed by atoms with Gasteiger partial charge in [-0.15, -0.1) is 0 Å². The SMILES string of the molecule is CC(=O)Nc1ccc(C2=C(N3CCC(C)CC3)C(=O)N(c3ccc(C)c(Cl)c3)C2=O)cc1. The first-order valence-corrected chi connectivity index (χ1v) is 11.2. The summed E-state index contributed by atoms with van der Waals surface area (Å²) in [7, 11) is 0. The molecule has 0 radical (unpaired) electrons. The lowest BCUT2D eigenvalue weighted by Crippen LogP contribution is -2.38. The van der Waals surface area contributed by atoms with Gasteiger partial charge in [0.1, 0.15) is 5.70 Å². The van der Waals surface area contributed by atoms with Crippen LogP contribution < -0.4 is 10.2 Å². The summed E-state index contributed by atoms with van der Waals surface area (Å²) < 4.78 is 0. The number of rotatable bonds is 4. The van der Waals surface area contributed by atoms with Gasteiger partial charge < -0.3 is 10.2 Å². The zero-order valence-electron chi connectivity index (χ0n) is 18.4. The lowest BCUT2D eigenvalue weighted by Gasteiger charge is -2.32. The first-order valence-electron chi connectivity index (χ1n) is 10.8. The van der Waals surface area contributed by atoms with Gasteiger partial charge >= 0.3 is 0 Å². The van der Waals surface area contributed by atoms with Gasteiger partial charge in [-0.25, -0.2) is 4.90 Å². The van der Waals surface area contributed by atoms with Crippen molar-refractivity contribution < 1.29 is 14.4 Å². The van der Waals surface area contributed by atoms with E-state index in [4.69, 9.17) is 11.6 Å². The number of hydrogen-bond donors (Lipinski definition) is 1. The van der Waals surface area contributed by atoms with Crippen molar-refractivity contribution in [1.82, 2.24) is 4.90 Å². The molecule has 3 amide bonds. The number of carbonyl (C=O) groups is 3. The van der Waals surface area contributed by atoms with Gasteiger partial charge in [-0.2, -0.15) is 0 Å². The highest BCUT2D eigenvalue weighted by Crippen LogP contribution is 2.37. The summed E-state index contributed by atoms with van der Waals surface area (Å²) in [5.41, 5.74) is 3.44. The summed E-state index contributed by atoms with van der Waals surface area (Å²) in [5, 5.41) is 3.23. The van der Waals surface area contributed by atoms with Gasteiger partial charge in [0.15, 0.2) is 0 Å². The molecule has 1 N–H and O–H groups in total. The molecule has 1 saturated heterocycles. The van der Waals surface area contributed by atoms with E-state index in [0.29, 0.717) is 39.1 Å². The molecule has 0 saturated carbocycles. The molecule has 4 rings (SSSR count). The second-order valence-electron chi connectivity index (χ2n) is 8.53. The Morgan fingerprint density at radius 1 is 1.03 bits per heavy atom. The maximum atomic E-state index is 13.6. The molecule has 2 aliphatic rings. The molecule has 2 aromatic carbocycles. The highest BCUT2D eigenvalue weighted by molar-refractivity contribution is 6.45. The van der Waals surface area contributed by atoms with Crippen molar-refractivity contribution in [3.8, 4) is 0 Å². The van der Waals surface area contributed by atoms with Crippen LogP contribution in [0.3, 0.4) is 0 Å². The zero-order valence-corrected chi connectivity index (χ0v) is 19.2. The minimum atomic E-state index is -0.365. The normalized spacial score (nSPS) is 17.4. The molecule has 2 aliphatic heterocycles. The monoisotopic (exact) mass is 451 g/mol. The van der Waals surface area contributed by atoms with Crippen molar-refractivity contribution in [2.24, 2.45) is 5.92 Å². The number of nitrogens with one attached hydrogen (secondary N) is 1. The van der Waals surface area contributed by atoms with Crippen LogP contribution in [0.5, 0.6) is 0 Å². The van der Waals surface area contributed by atoms with Crippen LogP contribution in [0.15, 0.2) is 48.2 Å². The molecule has 0 bridgehead atoms. The van der Waals surface area contributed by atoms with Gasteiger partial charge in [0.25, 0.3) is 11.8 Å². The first-order chi connectivity index (χ1) is 15.3. The average molecular weight is 452 g/mol. The van der Waals surface area contributed by atoms with E-state index < -0.39 is 0 Å². The molecule has 2 heterocycles. The second kappa shape index (κ2) is 8.79. The van der Waals surface area contributed by atoms with E-state index in [9.17, 15) is 14.4 Å². The molecule has 6 nitrogen and oxygen atoms in total. The second-order valence-corrected chi connectivity index (χ2v) is 8.94. The molecule has 2 aromatic rings. The minimum Gasteiger partial charge on any atom is -0.366 e. The van der Waals surface area contributed by atoms with E-state index in [2.05, 4.69) is 12.2 Å². The lowest BCUT2D eigenvalue weighted by atomic mass is 9.97. The molecule has 32 heavy (non-hydrogen) atoms. The molecule has 0 unspecified atom stereocenters. The average Bonchev–Trinajstić information content (AvgIpc) is 3.01. The summed E-state index contributed by atoms with van der Waals surface area (Å²) in [6, 6.07) is 12.2. The number of piperidine rings is 1. The molecule has 0 atom stereocenters. The fourth-order valence-electron chi connectivity index (χ4n) is 4.18. The van der Waals surface area contributed by atoms with Crippen molar-refractivity contribution in [1.29, 1.82) is 0 Å².